The van der Waals surface area contributed by atoms with Crippen molar-refractivity contribution in [1.29, 1.82) is 0 Å². The van der Waals surface area contributed by atoms with Crippen LogP contribution in [0, 0.1) is 5.82 Å². The fraction of sp³-hybridized carbons (Fsp3) is 0.130. The predicted octanol–water partition coefficient (Wildman–Crippen LogP) is 3.99. The summed E-state index contributed by atoms with van der Waals surface area (Å²) in [6.07, 6.45) is 0.0464. The Bertz CT molecular complexity index is 1280. The lowest BCUT2D eigenvalue weighted by Crippen LogP contribution is -2.37. The molecule has 0 saturated carbocycles. The number of sulfonamides is 1. The van der Waals surface area contributed by atoms with Gasteiger partial charge >= 0.3 is 0 Å². The molecule has 0 radical (unpaired) electrons. The SMILES string of the molecule is NC(=O)Cc1ccc(NC(=O)CN(Cc2c(F)cccc2Cl)S(=O)(=O)c2ccc(Cl)cc2)cc1. The lowest BCUT2D eigenvalue weighted by Gasteiger charge is -2.23. The Morgan fingerprint density at radius 2 is 1.62 bits per heavy atom. The Hall–Kier alpha value is -2.98. The number of primary amides is 1. The highest BCUT2D eigenvalue weighted by atomic mass is 35.5. The Kier molecular flexibility index (Phi) is 8.27. The first-order chi connectivity index (χ1) is 16.1. The summed E-state index contributed by atoms with van der Waals surface area (Å²) in [7, 11) is -4.22. The van der Waals surface area contributed by atoms with Gasteiger partial charge in [-0.05, 0) is 54.1 Å². The molecule has 7 nitrogen and oxygen atoms in total. The van der Waals surface area contributed by atoms with Crippen LogP contribution in [0.2, 0.25) is 10.0 Å². The Morgan fingerprint density at radius 1 is 0.971 bits per heavy atom. The van der Waals surface area contributed by atoms with Gasteiger partial charge in [-0.2, -0.15) is 4.31 Å². The van der Waals surface area contributed by atoms with Gasteiger partial charge in [-0.25, -0.2) is 12.8 Å². The minimum atomic E-state index is -4.22. The van der Waals surface area contributed by atoms with Gasteiger partial charge < -0.3 is 11.1 Å². The van der Waals surface area contributed by atoms with Crippen LogP contribution in [0.3, 0.4) is 0 Å². The average molecular weight is 524 g/mol. The van der Waals surface area contributed by atoms with E-state index in [9.17, 15) is 22.4 Å². The van der Waals surface area contributed by atoms with Crippen LogP contribution in [0.5, 0.6) is 0 Å². The summed E-state index contributed by atoms with van der Waals surface area (Å²) >= 11 is 12.0. The topological polar surface area (TPSA) is 110 Å². The normalized spacial score (nSPS) is 11.4. The maximum atomic E-state index is 14.4. The summed E-state index contributed by atoms with van der Waals surface area (Å²) in [5, 5.41) is 2.95. The standard InChI is InChI=1S/C23H20Cl2FN3O4S/c24-16-6-10-18(11-7-16)34(32,33)29(13-19-20(25)2-1-3-21(19)26)14-23(31)28-17-8-4-15(5-9-17)12-22(27)30/h1-11H,12-14H2,(H2,27,30)(H,28,31). The number of carbonyl (C=O) groups is 2. The van der Waals surface area contributed by atoms with Gasteiger partial charge in [0.1, 0.15) is 5.82 Å². The van der Waals surface area contributed by atoms with Crippen molar-refractivity contribution in [2.24, 2.45) is 5.73 Å². The van der Waals surface area contributed by atoms with E-state index in [1.54, 1.807) is 24.3 Å². The quantitative estimate of drug-likeness (QED) is 0.441. The average Bonchev–Trinajstić information content (AvgIpc) is 2.77. The van der Waals surface area contributed by atoms with Crippen LogP contribution in [0.1, 0.15) is 11.1 Å². The molecule has 0 aliphatic carbocycles. The maximum Gasteiger partial charge on any atom is 0.243 e. The summed E-state index contributed by atoms with van der Waals surface area (Å²) in [4.78, 5) is 23.6. The highest BCUT2D eigenvalue weighted by Gasteiger charge is 2.28. The summed E-state index contributed by atoms with van der Waals surface area (Å²) in [6.45, 7) is -1.08. The molecule has 0 spiro atoms. The Balaban J connectivity index is 1.86. The van der Waals surface area contributed by atoms with E-state index in [-0.39, 0.29) is 21.9 Å². The molecule has 0 saturated heterocycles. The first kappa shape index (κ1) is 25.6. The molecule has 0 heterocycles. The summed E-state index contributed by atoms with van der Waals surface area (Å²) < 4.78 is 41.8. The number of anilines is 1. The number of nitrogens with one attached hydrogen (secondary N) is 1. The van der Waals surface area contributed by atoms with Crippen LogP contribution in [0.25, 0.3) is 0 Å². The molecule has 11 heteroatoms. The number of nitrogens with zero attached hydrogens (tertiary/aromatic N) is 1. The maximum absolute atomic E-state index is 14.4. The van der Waals surface area contributed by atoms with Crippen molar-refractivity contribution in [2.45, 2.75) is 17.9 Å². The molecule has 2 amide bonds. The van der Waals surface area contributed by atoms with E-state index < -0.39 is 40.7 Å². The van der Waals surface area contributed by atoms with E-state index in [4.69, 9.17) is 28.9 Å². The number of benzene rings is 3. The molecule has 3 rings (SSSR count). The minimum absolute atomic E-state index is 0.0294. The van der Waals surface area contributed by atoms with Gasteiger partial charge in [-0.3, -0.25) is 9.59 Å². The highest BCUT2D eigenvalue weighted by molar-refractivity contribution is 7.89. The molecule has 0 aliphatic rings. The first-order valence-electron chi connectivity index (χ1n) is 9.92. The molecular weight excluding hydrogens is 504 g/mol. The molecule has 3 aromatic carbocycles. The molecule has 0 bridgehead atoms. The van der Waals surface area contributed by atoms with Crippen LogP contribution in [-0.2, 0) is 32.6 Å². The second-order valence-electron chi connectivity index (χ2n) is 7.32. The molecule has 0 atom stereocenters. The smallest absolute Gasteiger partial charge is 0.243 e. The van der Waals surface area contributed by atoms with Crippen molar-refractivity contribution >= 4 is 50.7 Å². The third kappa shape index (κ3) is 6.54. The van der Waals surface area contributed by atoms with Crippen LogP contribution >= 0.6 is 23.2 Å². The summed E-state index contributed by atoms with van der Waals surface area (Å²) in [5.74, 6) is -1.85. The van der Waals surface area contributed by atoms with Crippen molar-refractivity contribution in [1.82, 2.24) is 4.31 Å². The van der Waals surface area contributed by atoms with Crippen molar-refractivity contribution in [3.8, 4) is 0 Å². The molecular formula is C23H20Cl2FN3O4S. The van der Waals surface area contributed by atoms with Crippen molar-refractivity contribution < 1.29 is 22.4 Å². The van der Waals surface area contributed by atoms with Gasteiger partial charge in [0.25, 0.3) is 0 Å². The second kappa shape index (κ2) is 11.0. The van der Waals surface area contributed by atoms with E-state index >= 15 is 0 Å². The number of nitrogens with two attached hydrogens (primary N) is 1. The monoisotopic (exact) mass is 523 g/mol. The van der Waals surface area contributed by atoms with E-state index in [0.717, 1.165) is 10.4 Å². The number of hydrogen-bond acceptors (Lipinski definition) is 4. The van der Waals surface area contributed by atoms with Crippen LogP contribution in [0.4, 0.5) is 10.1 Å². The van der Waals surface area contributed by atoms with Crippen molar-refractivity contribution in [2.75, 3.05) is 11.9 Å². The molecule has 3 aromatic rings. The molecule has 0 aromatic heterocycles. The summed E-state index contributed by atoms with van der Waals surface area (Å²) in [6, 6.07) is 15.7. The molecule has 3 N–H and O–H groups in total. The van der Waals surface area contributed by atoms with Crippen molar-refractivity contribution in [3.05, 3.63) is 93.7 Å². The lowest BCUT2D eigenvalue weighted by molar-refractivity contribution is -0.117. The molecule has 34 heavy (non-hydrogen) atoms. The molecule has 0 unspecified atom stereocenters. The van der Waals surface area contributed by atoms with Gasteiger partial charge in [0, 0.05) is 27.8 Å². The zero-order chi connectivity index (χ0) is 24.9. The third-order valence-electron chi connectivity index (χ3n) is 4.78. The van der Waals surface area contributed by atoms with E-state index in [2.05, 4.69) is 5.32 Å². The van der Waals surface area contributed by atoms with Crippen LogP contribution in [-0.4, -0.2) is 31.1 Å². The first-order valence-corrected chi connectivity index (χ1v) is 12.1. The second-order valence-corrected chi connectivity index (χ2v) is 10.1. The van der Waals surface area contributed by atoms with E-state index in [1.807, 2.05) is 0 Å². The number of rotatable bonds is 9. The van der Waals surface area contributed by atoms with Crippen LogP contribution in [0.15, 0.2) is 71.6 Å². The van der Waals surface area contributed by atoms with Crippen LogP contribution < -0.4 is 11.1 Å². The Labute approximate surface area is 206 Å². The zero-order valence-corrected chi connectivity index (χ0v) is 20.0. The van der Waals surface area contributed by atoms with Gasteiger partial charge in [-0.1, -0.05) is 41.4 Å². The highest BCUT2D eigenvalue weighted by Crippen LogP contribution is 2.25. The third-order valence-corrected chi connectivity index (χ3v) is 7.20. The summed E-state index contributed by atoms with van der Waals surface area (Å²) in [5.41, 5.74) is 6.14. The van der Waals surface area contributed by atoms with Gasteiger partial charge in [0.2, 0.25) is 21.8 Å². The van der Waals surface area contributed by atoms with E-state index in [1.165, 1.54) is 36.4 Å². The molecule has 0 fully saturated rings. The lowest BCUT2D eigenvalue weighted by atomic mass is 10.1. The fourth-order valence-electron chi connectivity index (χ4n) is 3.11. The Morgan fingerprint density at radius 3 is 2.21 bits per heavy atom. The van der Waals surface area contributed by atoms with E-state index in [0.29, 0.717) is 16.3 Å². The molecule has 178 valence electrons. The number of halogens is 3. The molecule has 0 aliphatic heterocycles. The number of hydrogen-bond donors (Lipinski definition) is 2. The largest absolute Gasteiger partial charge is 0.369 e. The number of amides is 2. The number of carbonyl (C=O) groups excluding carboxylic acids is 2. The van der Waals surface area contributed by atoms with Crippen molar-refractivity contribution in [3.63, 3.8) is 0 Å². The van der Waals surface area contributed by atoms with Gasteiger partial charge in [-0.15, -0.1) is 0 Å². The predicted molar refractivity (Wildman–Crippen MR) is 128 cm³/mol. The van der Waals surface area contributed by atoms with Gasteiger partial charge in [0.15, 0.2) is 0 Å². The minimum Gasteiger partial charge on any atom is -0.369 e. The zero-order valence-electron chi connectivity index (χ0n) is 17.7. The van der Waals surface area contributed by atoms with Gasteiger partial charge in [0.05, 0.1) is 17.9 Å². The fourth-order valence-corrected chi connectivity index (χ4v) is 4.82.